The molecule has 0 aliphatic rings. The molecular formula is C6H9NO2S. The van der Waals surface area contributed by atoms with Crippen LogP contribution in [0.2, 0.25) is 0 Å². The first kappa shape index (κ1) is 9.23. The van der Waals surface area contributed by atoms with E-state index in [4.69, 9.17) is 0 Å². The van der Waals surface area contributed by atoms with Crippen molar-refractivity contribution in [1.82, 2.24) is 5.32 Å². The molecule has 0 aromatic rings. The van der Waals surface area contributed by atoms with E-state index < -0.39 is 0 Å². The monoisotopic (exact) mass is 159 g/mol. The minimum atomic E-state index is -0.366. The lowest BCUT2D eigenvalue weighted by Gasteiger charge is -1.98. The van der Waals surface area contributed by atoms with Crippen LogP contribution in [-0.2, 0) is 9.59 Å². The molecular weight excluding hydrogens is 150 g/mol. The van der Waals surface area contributed by atoms with E-state index in [9.17, 15) is 9.59 Å². The van der Waals surface area contributed by atoms with Crippen LogP contribution in [0.3, 0.4) is 0 Å². The number of hydrogen-bond donors (Lipinski definition) is 2. The minimum absolute atomic E-state index is 0.0468. The molecule has 0 spiro atoms. The molecule has 0 saturated carbocycles. The Morgan fingerprint density at radius 2 is 2.10 bits per heavy atom. The molecule has 0 atom stereocenters. The molecule has 4 heteroatoms. The van der Waals surface area contributed by atoms with E-state index in [2.05, 4.69) is 24.5 Å². The van der Waals surface area contributed by atoms with Gasteiger partial charge in [-0.25, -0.2) is 0 Å². The van der Waals surface area contributed by atoms with Crippen molar-refractivity contribution in [1.29, 1.82) is 0 Å². The Kier molecular flexibility index (Phi) is 3.79. The number of carbonyl (C=O) groups is 2. The molecule has 0 heterocycles. The molecule has 0 bridgehead atoms. The fourth-order valence-electron chi connectivity index (χ4n) is 0.307. The topological polar surface area (TPSA) is 46.2 Å². The standard InChI is InChI=1S/C6H9NO2S/c1-4(2)6(9)7-3-5(8)10/h1,3H2,2H3,(H,7,9)(H,8,10). The highest BCUT2D eigenvalue weighted by Gasteiger charge is 2.00. The third-order valence-corrected chi connectivity index (χ3v) is 0.946. The zero-order valence-corrected chi connectivity index (χ0v) is 6.57. The van der Waals surface area contributed by atoms with E-state index in [1.54, 1.807) is 6.92 Å². The summed E-state index contributed by atoms with van der Waals surface area (Å²) < 4.78 is 0. The second kappa shape index (κ2) is 4.11. The van der Waals surface area contributed by atoms with Crippen LogP contribution >= 0.6 is 12.6 Å². The fraction of sp³-hybridized carbons (Fsp3) is 0.333. The van der Waals surface area contributed by atoms with Crippen LogP contribution in [0.1, 0.15) is 6.92 Å². The molecule has 1 N–H and O–H groups in total. The minimum Gasteiger partial charge on any atom is -0.344 e. The Labute approximate surface area is 64.9 Å². The van der Waals surface area contributed by atoms with Crippen LogP contribution in [0.5, 0.6) is 0 Å². The van der Waals surface area contributed by atoms with Gasteiger partial charge in [-0.1, -0.05) is 6.58 Å². The summed E-state index contributed by atoms with van der Waals surface area (Å²) in [6.45, 7) is 4.91. The first-order chi connectivity index (χ1) is 4.54. The Balaban J connectivity index is 3.60. The first-order valence-corrected chi connectivity index (χ1v) is 3.14. The summed E-state index contributed by atoms with van der Waals surface area (Å²) in [5, 5.41) is 1.95. The number of rotatable bonds is 3. The summed E-state index contributed by atoms with van der Waals surface area (Å²) >= 11 is 3.46. The molecule has 0 radical (unpaired) electrons. The number of hydrogen-bond acceptors (Lipinski definition) is 2. The summed E-state index contributed by atoms with van der Waals surface area (Å²) in [5.74, 6) is -0.317. The zero-order chi connectivity index (χ0) is 8.15. The van der Waals surface area contributed by atoms with Crippen LogP contribution in [0.4, 0.5) is 0 Å². The van der Waals surface area contributed by atoms with E-state index >= 15 is 0 Å². The molecule has 0 aromatic carbocycles. The Morgan fingerprint density at radius 3 is 2.40 bits per heavy atom. The van der Waals surface area contributed by atoms with Crippen LogP contribution in [0.25, 0.3) is 0 Å². The highest BCUT2D eigenvalue weighted by molar-refractivity contribution is 7.96. The normalized spacial score (nSPS) is 8.60. The average molecular weight is 159 g/mol. The van der Waals surface area contributed by atoms with Gasteiger partial charge in [0.2, 0.25) is 11.0 Å². The van der Waals surface area contributed by atoms with Gasteiger partial charge in [0.15, 0.2) is 0 Å². The second-order valence-corrected chi connectivity index (χ2v) is 2.36. The quantitative estimate of drug-likeness (QED) is 0.454. The highest BCUT2D eigenvalue weighted by Crippen LogP contribution is 1.85. The zero-order valence-electron chi connectivity index (χ0n) is 5.68. The van der Waals surface area contributed by atoms with Crippen LogP contribution < -0.4 is 5.32 Å². The van der Waals surface area contributed by atoms with Gasteiger partial charge in [0, 0.05) is 5.57 Å². The summed E-state index contributed by atoms with van der Waals surface area (Å²) in [6.07, 6.45) is 0. The van der Waals surface area contributed by atoms with Crippen LogP contribution in [0.15, 0.2) is 12.2 Å². The molecule has 0 fully saturated rings. The molecule has 0 aromatic heterocycles. The smallest absolute Gasteiger partial charge is 0.246 e. The Bertz CT molecular complexity index is 177. The van der Waals surface area contributed by atoms with E-state index in [0.29, 0.717) is 5.57 Å². The molecule has 0 saturated heterocycles. The van der Waals surface area contributed by atoms with Crippen LogP contribution in [0, 0.1) is 0 Å². The van der Waals surface area contributed by atoms with Gasteiger partial charge < -0.3 is 5.32 Å². The molecule has 1 amide bonds. The molecule has 10 heavy (non-hydrogen) atoms. The number of amides is 1. The summed E-state index contributed by atoms with van der Waals surface area (Å²) in [4.78, 5) is 20.8. The highest BCUT2D eigenvalue weighted by atomic mass is 32.1. The molecule has 3 nitrogen and oxygen atoms in total. The molecule has 56 valence electrons. The van der Waals surface area contributed by atoms with E-state index in [0.717, 1.165) is 0 Å². The molecule has 0 aliphatic carbocycles. The number of thiol groups is 1. The maximum atomic E-state index is 10.7. The van der Waals surface area contributed by atoms with E-state index in [1.165, 1.54) is 0 Å². The van der Waals surface area contributed by atoms with Gasteiger partial charge in [-0.3, -0.25) is 9.59 Å². The maximum absolute atomic E-state index is 10.7. The van der Waals surface area contributed by atoms with E-state index in [1.807, 2.05) is 0 Å². The largest absolute Gasteiger partial charge is 0.344 e. The lowest BCUT2D eigenvalue weighted by Crippen LogP contribution is -2.27. The third-order valence-electron chi connectivity index (χ3n) is 0.788. The van der Waals surface area contributed by atoms with Gasteiger partial charge in [0.1, 0.15) is 0 Å². The maximum Gasteiger partial charge on any atom is 0.246 e. The predicted octanol–water partition coefficient (Wildman–Crippen LogP) is 0.135. The van der Waals surface area contributed by atoms with Crippen LogP contribution in [-0.4, -0.2) is 17.6 Å². The molecule has 0 rings (SSSR count). The van der Waals surface area contributed by atoms with Crippen molar-refractivity contribution < 1.29 is 9.59 Å². The van der Waals surface area contributed by atoms with Gasteiger partial charge >= 0.3 is 0 Å². The number of carbonyl (C=O) groups excluding carboxylic acids is 2. The van der Waals surface area contributed by atoms with Gasteiger partial charge in [-0.2, -0.15) is 0 Å². The first-order valence-electron chi connectivity index (χ1n) is 2.69. The van der Waals surface area contributed by atoms with Crippen molar-refractivity contribution >= 4 is 23.7 Å². The molecule has 0 aliphatic heterocycles. The predicted molar refractivity (Wildman–Crippen MR) is 41.8 cm³/mol. The van der Waals surface area contributed by atoms with Gasteiger partial charge in [-0.15, -0.1) is 12.6 Å². The summed E-state index contributed by atoms with van der Waals surface area (Å²) in [7, 11) is 0. The van der Waals surface area contributed by atoms with Crippen molar-refractivity contribution in [2.75, 3.05) is 6.54 Å². The van der Waals surface area contributed by atoms with Crippen molar-refractivity contribution in [3.8, 4) is 0 Å². The van der Waals surface area contributed by atoms with E-state index in [-0.39, 0.29) is 17.6 Å². The average Bonchev–Trinajstić information content (AvgIpc) is 1.82. The number of nitrogens with one attached hydrogen (secondary N) is 1. The van der Waals surface area contributed by atoms with Gasteiger partial charge in [0.05, 0.1) is 6.54 Å². The SMILES string of the molecule is C=C(C)C(=O)NCC(=O)S. The lowest BCUT2D eigenvalue weighted by atomic mass is 10.3. The van der Waals surface area contributed by atoms with Crippen molar-refractivity contribution in [2.45, 2.75) is 6.92 Å². The van der Waals surface area contributed by atoms with Gasteiger partial charge in [0.25, 0.3) is 0 Å². The van der Waals surface area contributed by atoms with Crippen molar-refractivity contribution in [3.63, 3.8) is 0 Å². The fourth-order valence-corrected chi connectivity index (χ4v) is 0.386. The van der Waals surface area contributed by atoms with Gasteiger partial charge in [-0.05, 0) is 6.92 Å². The Hall–Kier alpha value is -0.770. The third kappa shape index (κ3) is 4.14. The van der Waals surface area contributed by atoms with Crippen molar-refractivity contribution in [3.05, 3.63) is 12.2 Å². The lowest BCUT2D eigenvalue weighted by molar-refractivity contribution is -0.119. The second-order valence-electron chi connectivity index (χ2n) is 1.86. The molecule has 0 unspecified atom stereocenters. The van der Waals surface area contributed by atoms with Crippen molar-refractivity contribution in [2.24, 2.45) is 0 Å². The summed E-state index contributed by atoms with van der Waals surface area (Å²) in [6, 6.07) is 0. The Morgan fingerprint density at radius 1 is 1.60 bits per heavy atom. The summed E-state index contributed by atoms with van der Waals surface area (Å²) in [5.41, 5.74) is 0.384.